The molecule has 19 rings (SSSR count). The standard InChI is InChI=1S/C20H21N3O3.4C18H15P.C17H26BNO4.C8H5ClN2O.Pd/c1-12-11-13(21-19(25)26-20(2,3)4)9-10-14(12)17-15-7-5-6-8-16(15)18(24)23-22-17;4*1-4-10-16(11-5-1)19(17-12-6-2-7-13-17)18-14-8-3-9-15-18;1-12-9-13(19-15(20)23-16(2,3)4)7-8-14(12)18-21-10-17(5,6)11-22-18;9-7-5-3-1-2-4-6(5)8(12)11-10-7;/h5-11H,1-4H3,(H,21,25)(H,23,24);4*1-15H;7-9H,10-11H2,1-6H3,(H,19,20);1-4H,(H,11,12);. The molecule has 1 fully saturated rings. The average Bonchev–Trinajstić information content (AvgIpc) is 0.782. The van der Waals surface area contributed by atoms with Gasteiger partial charge in [0.1, 0.15) is 11.2 Å². The molecule has 698 valence electrons. The first-order valence-corrected chi connectivity index (χ1v) is 51.0. The molecule has 0 unspecified atom stereocenters. The second-order valence-corrected chi connectivity index (χ2v) is 43.9. The molecule has 138 heavy (non-hydrogen) atoms. The minimum atomic E-state index is -0.558. The predicted molar refractivity (Wildman–Crippen MR) is 582 cm³/mol. The summed E-state index contributed by atoms with van der Waals surface area (Å²) >= 11 is 5.75. The summed E-state index contributed by atoms with van der Waals surface area (Å²) in [6.07, 6.45) is -0.964. The fourth-order valence-electron chi connectivity index (χ4n) is 14.9. The first-order chi connectivity index (χ1) is 66.4. The quantitative estimate of drug-likeness (QED) is 0.0536. The molecular formula is C117H112BClN6O8P4Pd. The van der Waals surface area contributed by atoms with Crippen molar-refractivity contribution in [2.75, 3.05) is 23.8 Å². The molecule has 0 saturated carbocycles. The molecule has 1 saturated heterocycles. The van der Waals surface area contributed by atoms with E-state index in [4.69, 9.17) is 30.4 Å². The molecule has 16 aromatic carbocycles. The van der Waals surface area contributed by atoms with E-state index in [0.717, 1.165) is 27.5 Å². The summed E-state index contributed by atoms with van der Waals surface area (Å²) in [7, 11) is -2.13. The van der Waals surface area contributed by atoms with Gasteiger partial charge in [-0.25, -0.2) is 19.8 Å². The number of aromatic amines is 2. The SMILES string of the molecule is Cc1cc(NC(=O)OC(C)(C)C)ccc1-c1n[nH]c(=O)c2ccccc12.Cc1cc(NC(=O)OC(C)(C)C)ccc1B1OCC(C)(C)CO1.O=c1[nH]nc(Cl)c2ccccc12.[Pd].c1ccc(P(c2ccccc2)c2ccccc2)cc1.c1ccc(P(c2ccccc2)c2ccccc2)cc1.c1ccc(P(c2ccccc2)c2ccccc2)cc1.c1ccc(P(c2ccccc2)c2ccccc2)cc1. The van der Waals surface area contributed by atoms with Gasteiger partial charge >= 0.3 is 19.3 Å². The van der Waals surface area contributed by atoms with Crippen LogP contribution in [-0.4, -0.2) is 64.1 Å². The van der Waals surface area contributed by atoms with E-state index in [1.54, 1.807) is 30.3 Å². The van der Waals surface area contributed by atoms with Crippen LogP contribution in [0.3, 0.4) is 0 Å². The Morgan fingerprint density at radius 1 is 0.333 bits per heavy atom. The zero-order valence-corrected chi connectivity index (χ0v) is 84.7. The second-order valence-electron chi connectivity index (χ2n) is 34.7. The van der Waals surface area contributed by atoms with E-state index in [2.05, 4.69) is 409 Å². The molecule has 0 bridgehead atoms. The van der Waals surface area contributed by atoms with Gasteiger partial charge in [0, 0.05) is 66.8 Å². The monoisotopic (exact) mass is 2000 g/mol. The van der Waals surface area contributed by atoms with Gasteiger partial charge in [0.05, 0.1) is 16.5 Å². The molecule has 1 aliphatic heterocycles. The Labute approximate surface area is 834 Å². The molecule has 4 N–H and O–H groups in total. The van der Waals surface area contributed by atoms with Crippen molar-refractivity contribution in [2.45, 2.75) is 80.4 Å². The van der Waals surface area contributed by atoms with Gasteiger partial charge in [0.2, 0.25) is 0 Å². The number of hydrogen-bond acceptors (Lipinski definition) is 10. The Morgan fingerprint density at radius 2 is 0.565 bits per heavy atom. The van der Waals surface area contributed by atoms with E-state index < -0.39 is 55.1 Å². The third kappa shape index (κ3) is 31.0. The number of halogens is 1. The number of benzene rings is 16. The fraction of sp³-hybridized carbons (Fsp3) is 0.128. The van der Waals surface area contributed by atoms with E-state index in [1.165, 1.54) is 63.7 Å². The number of nitrogens with one attached hydrogen (secondary N) is 4. The summed E-state index contributed by atoms with van der Waals surface area (Å²) in [5, 5.41) is 37.9. The van der Waals surface area contributed by atoms with Gasteiger partial charge in [-0.1, -0.05) is 438 Å². The molecule has 0 aliphatic carbocycles. The molecule has 0 spiro atoms. The van der Waals surface area contributed by atoms with Crippen molar-refractivity contribution < 1.29 is 48.8 Å². The number of nitrogens with zero attached hydrogens (tertiary/aromatic N) is 2. The fourth-order valence-corrected chi connectivity index (χ4v) is 24.3. The number of fused-ring (bicyclic) bond motifs is 2. The molecule has 0 radical (unpaired) electrons. The Hall–Kier alpha value is -13.0. The van der Waals surface area contributed by atoms with Crippen LogP contribution in [0.4, 0.5) is 21.0 Å². The maximum Gasteiger partial charge on any atom is 0.494 e. The van der Waals surface area contributed by atoms with Crippen LogP contribution in [0.25, 0.3) is 32.8 Å². The number of hydrogen-bond donors (Lipinski definition) is 4. The molecule has 2 aromatic heterocycles. The first-order valence-electron chi connectivity index (χ1n) is 45.3. The van der Waals surface area contributed by atoms with Crippen LogP contribution in [0.2, 0.25) is 5.15 Å². The summed E-state index contributed by atoms with van der Waals surface area (Å²) in [4.78, 5) is 46.8. The number of carbonyl (C=O) groups excluding carboxylic acids is 2. The minimum absolute atomic E-state index is 0. The summed E-state index contributed by atoms with van der Waals surface area (Å²) in [6.45, 7) is 20.4. The maximum absolute atomic E-state index is 12.0. The van der Waals surface area contributed by atoms with Crippen molar-refractivity contribution in [3.63, 3.8) is 0 Å². The third-order valence-corrected chi connectivity index (χ3v) is 31.1. The van der Waals surface area contributed by atoms with Crippen LogP contribution in [0.15, 0.2) is 459 Å². The summed E-state index contributed by atoms with van der Waals surface area (Å²) in [5.41, 5.74) is 4.34. The summed E-state index contributed by atoms with van der Waals surface area (Å²) in [6, 6.07) is 155. The van der Waals surface area contributed by atoms with Gasteiger partial charge in [-0.2, -0.15) is 10.2 Å². The number of anilines is 2. The molecule has 3 heterocycles. The minimum Gasteiger partial charge on any atom is -0.444 e. The molecule has 18 aromatic rings. The van der Waals surface area contributed by atoms with Gasteiger partial charge in [-0.15, -0.1) is 0 Å². The van der Waals surface area contributed by atoms with Crippen molar-refractivity contribution in [1.82, 2.24) is 20.4 Å². The van der Waals surface area contributed by atoms with Crippen molar-refractivity contribution in [3.05, 3.63) is 486 Å². The van der Waals surface area contributed by atoms with E-state index in [-0.39, 0.29) is 44.1 Å². The molecule has 21 heteroatoms. The zero-order valence-electron chi connectivity index (χ0n) is 78.9. The van der Waals surface area contributed by atoms with E-state index >= 15 is 0 Å². The molecular weight excluding hydrogens is 1890 g/mol. The normalized spacial score (nSPS) is 11.8. The third-order valence-electron chi connectivity index (χ3n) is 21.1. The zero-order chi connectivity index (χ0) is 96.4. The van der Waals surface area contributed by atoms with E-state index in [1.807, 2.05) is 110 Å². The first kappa shape index (κ1) is 104. The van der Waals surface area contributed by atoms with Crippen molar-refractivity contribution in [2.24, 2.45) is 5.41 Å². The maximum atomic E-state index is 12.0. The van der Waals surface area contributed by atoms with E-state index in [0.29, 0.717) is 51.6 Å². The van der Waals surface area contributed by atoms with Gasteiger partial charge in [-0.05, 0) is 204 Å². The second kappa shape index (κ2) is 52.0. The van der Waals surface area contributed by atoms with Crippen LogP contribution in [0, 0.1) is 19.3 Å². The summed E-state index contributed by atoms with van der Waals surface area (Å²) < 4.78 is 22.1. The van der Waals surface area contributed by atoms with Crippen LogP contribution in [0.1, 0.15) is 66.5 Å². The smallest absolute Gasteiger partial charge is 0.444 e. The molecule has 0 atom stereocenters. The Balaban J connectivity index is 0.000000145. The number of carbonyl (C=O) groups is 2. The number of ether oxygens (including phenoxy) is 2. The van der Waals surface area contributed by atoms with Crippen molar-refractivity contribution in [1.29, 1.82) is 0 Å². The Bertz CT molecular complexity index is 6070. The largest absolute Gasteiger partial charge is 0.494 e. The van der Waals surface area contributed by atoms with Crippen LogP contribution in [-0.2, 0) is 39.2 Å². The summed E-state index contributed by atoms with van der Waals surface area (Å²) in [5.74, 6) is 0. The number of aryl methyl sites for hydroxylation is 2. The number of rotatable bonds is 16. The van der Waals surface area contributed by atoms with Crippen LogP contribution < -0.4 is 90.9 Å². The molecule has 14 nitrogen and oxygen atoms in total. The number of H-pyrrole nitrogens is 2. The van der Waals surface area contributed by atoms with Gasteiger partial charge in [0.25, 0.3) is 11.1 Å². The molecule has 1 aliphatic rings. The Kier molecular flexibility index (Phi) is 39.1. The predicted octanol–water partition coefficient (Wildman–Crippen LogP) is 22.7. The van der Waals surface area contributed by atoms with Gasteiger partial charge in [0.15, 0.2) is 5.15 Å². The van der Waals surface area contributed by atoms with E-state index in [9.17, 15) is 19.2 Å². The van der Waals surface area contributed by atoms with Crippen LogP contribution >= 0.6 is 43.3 Å². The molecule has 2 amide bonds. The Morgan fingerprint density at radius 3 is 0.819 bits per heavy atom. The average molecular weight is 2010 g/mol. The number of amides is 2. The van der Waals surface area contributed by atoms with Crippen molar-refractivity contribution >= 4 is 165 Å². The van der Waals surface area contributed by atoms with Gasteiger partial charge < -0.3 is 18.8 Å². The topological polar surface area (TPSA) is 187 Å². The number of aromatic nitrogens is 4. The van der Waals surface area contributed by atoms with Gasteiger partial charge in [-0.3, -0.25) is 20.2 Å². The van der Waals surface area contributed by atoms with Crippen molar-refractivity contribution in [3.8, 4) is 11.3 Å². The van der Waals surface area contributed by atoms with Crippen LogP contribution in [0.5, 0.6) is 0 Å².